The quantitative estimate of drug-likeness (QED) is 0.531. The zero-order chi connectivity index (χ0) is 11.1. The predicted octanol–water partition coefficient (Wildman–Crippen LogP) is -0.157. The van der Waals surface area contributed by atoms with Crippen molar-refractivity contribution in [2.75, 3.05) is 6.56 Å². The van der Waals surface area contributed by atoms with Crippen LogP contribution in [-0.2, 0) is 4.79 Å². The number of hydrogen-bond donors (Lipinski definition) is 2. The molecule has 3 nitrogen and oxygen atoms in total. The molecule has 0 aliphatic rings. The van der Waals surface area contributed by atoms with E-state index in [2.05, 4.69) is 0 Å². The minimum Gasteiger partial charge on any atom is -0.481 e. The van der Waals surface area contributed by atoms with Gasteiger partial charge in [0.1, 0.15) is 0 Å². The van der Waals surface area contributed by atoms with Crippen LogP contribution in [0.3, 0.4) is 0 Å². The van der Waals surface area contributed by atoms with Gasteiger partial charge in [0.25, 0.3) is 0 Å². The lowest BCUT2D eigenvalue weighted by atomic mass is 10.3. The summed E-state index contributed by atoms with van der Waals surface area (Å²) in [4.78, 5) is 10.2. The zero-order valence-electron chi connectivity index (χ0n) is 9.30. The maximum atomic E-state index is 10.2. The molecule has 0 rings (SSSR count). The number of hydrogen-bond acceptors (Lipinski definition) is 2. The molecular weight excluding hydrogens is 96.0 g/mol. The number of carbonyl (C=O) groups is 1. The third-order valence-corrected chi connectivity index (χ3v) is 0.225. The molecule has 0 bridgehead atoms. The van der Waals surface area contributed by atoms with E-state index >= 15 is 0 Å². The van der Waals surface area contributed by atoms with E-state index in [9.17, 15) is 4.79 Å². The summed E-state index contributed by atoms with van der Waals surface area (Å²) >= 11 is 0. The summed E-state index contributed by atoms with van der Waals surface area (Å²) < 4.78 is 40.1. The molecule has 3 heteroatoms. The van der Waals surface area contributed by atoms with Gasteiger partial charge < -0.3 is 10.2 Å². The molecule has 0 heterocycles. The number of aliphatic carboxylic acids is 1. The summed E-state index contributed by atoms with van der Waals surface area (Å²) in [7, 11) is 0. The van der Waals surface area contributed by atoms with Gasteiger partial charge in [-0.25, -0.2) is 0 Å². The molecule has 7 heavy (non-hydrogen) atoms. The van der Waals surface area contributed by atoms with Gasteiger partial charge in [-0.05, 0) is 6.37 Å². The van der Waals surface area contributed by atoms with E-state index in [-0.39, 0.29) is 0 Å². The summed E-state index contributed by atoms with van der Waals surface area (Å²) in [5, 5.41) is 16.8. The molecule has 42 valence electrons. The summed E-state index contributed by atoms with van der Waals surface area (Å²) in [5.74, 6) is -2.17. The molecule has 0 unspecified atom stereocenters. The highest BCUT2D eigenvalue weighted by atomic mass is 16.4. The number of rotatable bonds is 3. The highest BCUT2D eigenvalue weighted by Gasteiger charge is 1.91. The Bertz CT molecular complexity index is 218. The van der Waals surface area contributed by atoms with E-state index in [4.69, 9.17) is 18.4 Å². The van der Waals surface area contributed by atoms with Crippen LogP contribution in [0.1, 0.15) is 21.0 Å². The average molecular weight is 110 g/mol. The summed E-state index contributed by atoms with van der Waals surface area (Å²) in [6.45, 7) is -3.56. The minimum absolute atomic E-state index is 2.17. The van der Waals surface area contributed by atoms with E-state index in [1.54, 1.807) is 0 Å². The highest BCUT2D eigenvalue weighted by molar-refractivity contribution is 5.66. The molecule has 2 N–H and O–H groups in total. The fourth-order valence-electron chi connectivity index (χ4n) is 0.0814. The fourth-order valence-corrected chi connectivity index (χ4v) is 0.0814. The van der Waals surface area contributed by atoms with Crippen molar-refractivity contribution in [3.8, 4) is 0 Å². The fraction of sp³-hybridized carbons (Fsp3) is 0.750. The Kier molecular flexibility index (Phi) is 0.749. The maximum absolute atomic E-state index is 10.2. The largest absolute Gasteiger partial charge is 0.481 e. The van der Waals surface area contributed by atoms with Crippen molar-refractivity contribution in [2.45, 2.75) is 12.7 Å². The van der Waals surface area contributed by atoms with Crippen LogP contribution in [0, 0.1) is 0 Å². The number of carboxylic acid groups (broad SMARTS) is 1. The van der Waals surface area contributed by atoms with Gasteiger partial charge in [0.05, 0.1) is 2.74 Å². The van der Waals surface area contributed by atoms with Crippen LogP contribution >= 0.6 is 0 Å². The first-order valence-corrected chi connectivity index (χ1v) is 1.40. The van der Waals surface area contributed by atoms with E-state index in [1.807, 2.05) is 0 Å². The second-order valence-electron chi connectivity index (χ2n) is 0.667. The first kappa shape index (κ1) is 1.45. The Morgan fingerprint density at radius 3 is 2.57 bits per heavy atom. The number of carboxylic acids is 1. The van der Waals surface area contributed by atoms with Crippen molar-refractivity contribution in [3.05, 3.63) is 0 Å². The van der Waals surface area contributed by atoms with Gasteiger partial charge in [0.2, 0.25) is 0 Å². The van der Waals surface area contributed by atoms with Crippen LogP contribution in [0.2, 0.25) is 0 Å². The summed E-state index contributed by atoms with van der Waals surface area (Å²) in [5.41, 5.74) is 0. The first-order chi connectivity index (χ1) is 5.44. The molecule has 0 spiro atoms. The predicted molar refractivity (Wildman–Crippen MR) is 24.0 cm³/mol. The molecule has 0 amide bonds. The van der Waals surface area contributed by atoms with Gasteiger partial charge in [-0.2, -0.15) is 0 Å². The van der Waals surface area contributed by atoms with Gasteiger partial charge in [0.15, 0.2) is 0 Å². The van der Waals surface area contributed by atoms with Crippen LogP contribution in [-0.4, -0.2) is 22.7 Å². The SMILES string of the molecule is [2H]C([2H])(O)C([2H])([2H])C([2H])([2H])C(=O)O. The van der Waals surface area contributed by atoms with E-state index in [1.165, 1.54) is 0 Å². The lowest BCUT2D eigenvalue weighted by Gasteiger charge is -1.85. The maximum Gasteiger partial charge on any atom is 0.303 e. The lowest BCUT2D eigenvalue weighted by molar-refractivity contribution is -0.137. The molecule has 0 aliphatic carbocycles. The van der Waals surface area contributed by atoms with Gasteiger partial charge >= 0.3 is 5.97 Å². The standard InChI is InChI=1S/C4H8O3/c5-3-1-2-4(6)7/h5H,1-3H2,(H,6,7)/i1D2,2D2,3D2. The van der Waals surface area contributed by atoms with Crippen molar-refractivity contribution >= 4 is 5.97 Å². The van der Waals surface area contributed by atoms with Crippen molar-refractivity contribution in [3.63, 3.8) is 0 Å². The third kappa shape index (κ3) is 5.43. The molecule has 0 aromatic carbocycles. The van der Waals surface area contributed by atoms with Gasteiger partial charge in [-0.1, -0.05) is 0 Å². The Hall–Kier alpha value is -0.570. The van der Waals surface area contributed by atoms with Crippen LogP contribution < -0.4 is 0 Å². The molecule has 0 saturated heterocycles. The van der Waals surface area contributed by atoms with E-state index in [0.29, 0.717) is 0 Å². The molecule has 0 fully saturated rings. The van der Waals surface area contributed by atoms with Gasteiger partial charge in [0, 0.05) is 18.4 Å². The smallest absolute Gasteiger partial charge is 0.303 e. The normalized spacial score (nSPS) is 27.6. The van der Waals surface area contributed by atoms with Gasteiger partial charge in [-0.3, -0.25) is 4.79 Å². The second kappa shape index (κ2) is 3.61. The molecule has 0 aliphatic heterocycles. The van der Waals surface area contributed by atoms with Crippen molar-refractivity contribution in [2.24, 2.45) is 0 Å². The Balaban J connectivity index is 5.16. The average Bonchev–Trinajstić information content (AvgIpc) is 1.84. The Labute approximate surface area is 50.0 Å². The topological polar surface area (TPSA) is 57.5 Å². The molecular formula is C4H8O3. The zero-order valence-corrected chi connectivity index (χ0v) is 3.30. The summed E-state index contributed by atoms with van der Waals surface area (Å²) in [6.07, 6.45) is -7.02. The first-order valence-electron chi connectivity index (χ1n) is 4.40. The van der Waals surface area contributed by atoms with Gasteiger partial charge in [-0.15, -0.1) is 0 Å². The van der Waals surface area contributed by atoms with Crippen molar-refractivity contribution < 1.29 is 23.2 Å². The van der Waals surface area contributed by atoms with Crippen LogP contribution in [0.25, 0.3) is 0 Å². The number of aliphatic hydroxyl groups is 1. The van der Waals surface area contributed by atoms with E-state index in [0.717, 1.165) is 0 Å². The molecule has 0 aromatic heterocycles. The lowest BCUT2D eigenvalue weighted by Crippen LogP contribution is -1.95. The Morgan fingerprint density at radius 2 is 2.43 bits per heavy atom. The third-order valence-electron chi connectivity index (χ3n) is 0.225. The van der Waals surface area contributed by atoms with E-state index < -0.39 is 25.3 Å². The second-order valence-corrected chi connectivity index (χ2v) is 0.667. The van der Waals surface area contributed by atoms with Crippen LogP contribution in [0.15, 0.2) is 0 Å². The highest BCUT2D eigenvalue weighted by Crippen LogP contribution is 1.83. The Morgan fingerprint density at radius 1 is 1.86 bits per heavy atom. The molecule has 0 aromatic rings. The van der Waals surface area contributed by atoms with Crippen LogP contribution in [0.5, 0.6) is 0 Å². The van der Waals surface area contributed by atoms with Crippen molar-refractivity contribution in [1.29, 1.82) is 0 Å². The molecule has 0 atom stereocenters. The minimum atomic E-state index is -3.56. The van der Waals surface area contributed by atoms with Crippen LogP contribution in [0.4, 0.5) is 0 Å². The molecule has 0 saturated carbocycles. The monoisotopic (exact) mass is 110 g/mol. The molecule has 0 radical (unpaired) electrons. The van der Waals surface area contributed by atoms with Crippen molar-refractivity contribution in [1.82, 2.24) is 0 Å². The summed E-state index contributed by atoms with van der Waals surface area (Å²) in [6, 6.07) is 0.